The van der Waals surface area contributed by atoms with Crippen molar-refractivity contribution in [2.75, 3.05) is 16.4 Å². The SMILES string of the molecule is CC1Cc2ccccc2N1C(=O)CSc1nc2nc(N)[nH]c(=O)c2[nH]1. The fourth-order valence-electron chi connectivity index (χ4n) is 3.12. The smallest absolute Gasteiger partial charge is 0.278 e. The number of benzene rings is 1. The van der Waals surface area contributed by atoms with Gasteiger partial charge in [-0.2, -0.15) is 4.98 Å². The molecule has 0 spiro atoms. The number of thioether (sulfide) groups is 1. The van der Waals surface area contributed by atoms with Gasteiger partial charge >= 0.3 is 0 Å². The summed E-state index contributed by atoms with van der Waals surface area (Å²) < 4.78 is 0. The number of fused-ring (bicyclic) bond motifs is 2. The molecule has 0 aliphatic carbocycles. The van der Waals surface area contributed by atoms with E-state index in [9.17, 15) is 9.59 Å². The highest BCUT2D eigenvalue weighted by Crippen LogP contribution is 2.32. The van der Waals surface area contributed by atoms with E-state index in [4.69, 9.17) is 5.73 Å². The molecule has 0 bridgehead atoms. The van der Waals surface area contributed by atoms with E-state index in [0.29, 0.717) is 5.16 Å². The highest BCUT2D eigenvalue weighted by Gasteiger charge is 2.30. The van der Waals surface area contributed by atoms with Crippen LogP contribution in [0.3, 0.4) is 0 Å². The zero-order chi connectivity index (χ0) is 17.6. The number of nitrogens with two attached hydrogens (primary N) is 1. The third-order valence-electron chi connectivity index (χ3n) is 4.17. The minimum absolute atomic E-state index is 0.00397. The van der Waals surface area contributed by atoms with Gasteiger partial charge in [-0.05, 0) is 25.0 Å². The summed E-state index contributed by atoms with van der Waals surface area (Å²) in [6.07, 6.45) is 0.857. The van der Waals surface area contributed by atoms with E-state index in [0.717, 1.165) is 12.1 Å². The van der Waals surface area contributed by atoms with E-state index in [1.807, 2.05) is 36.1 Å². The van der Waals surface area contributed by atoms with Crippen molar-refractivity contribution >= 4 is 40.5 Å². The maximum Gasteiger partial charge on any atom is 0.278 e. The number of amides is 1. The summed E-state index contributed by atoms with van der Waals surface area (Å²) >= 11 is 1.24. The molecule has 1 unspecified atom stereocenters. The molecule has 1 atom stereocenters. The molecule has 1 aliphatic heterocycles. The Morgan fingerprint density at radius 3 is 3.00 bits per heavy atom. The van der Waals surface area contributed by atoms with Crippen LogP contribution in [0, 0.1) is 0 Å². The lowest BCUT2D eigenvalue weighted by Crippen LogP contribution is -2.36. The number of nitrogens with one attached hydrogen (secondary N) is 2. The third kappa shape index (κ3) is 2.76. The number of anilines is 2. The summed E-state index contributed by atoms with van der Waals surface area (Å²) in [6.45, 7) is 2.04. The van der Waals surface area contributed by atoms with Gasteiger partial charge in [-0.3, -0.25) is 14.6 Å². The first-order valence-corrected chi connectivity index (χ1v) is 8.80. The molecule has 128 valence electrons. The molecule has 1 aliphatic rings. The lowest BCUT2D eigenvalue weighted by atomic mass is 10.1. The van der Waals surface area contributed by atoms with Crippen molar-refractivity contribution < 1.29 is 4.79 Å². The van der Waals surface area contributed by atoms with Crippen molar-refractivity contribution in [1.29, 1.82) is 0 Å². The lowest BCUT2D eigenvalue weighted by molar-refractivity contribution is -0.116. The fourth-order valence-corrected chi connectivity index (χ4v) is 3.84. The van der Waals surface area contributed by atoms with Crippen LogP contribution in [0.2, 0.25) is 0 Å². The second kappa shape index (κ2) is 5.92. The molecule has 0 radical (unpaired) electrons. The minimum atomic E-state index is -0.379. The average molecular weight is 356 g/mol. The van der Waals surface area contributed by atoms with Gasteiger partial charge in [-0.1, -0.05) is 30.0 Å². The Kier molecular flexibility index (Phi) is 3.72. The molecule has 1 amide bonds. The Bertz CT molecular complexity index is 1030. The van der Waals surface area contributed by atoms with E-state index in [2.05, 4.69) is 19.9 Å². The Balaban J connectivity index is 1.53. The van der Waals surface area contributed by atoms with Crippen molar-refractivity contribution in [3.63, 3.8) is 0 Å². The number of aromatic nitrogens is 4. The Labute approximate surface area is 146 Å². The summed E-state index contributed by atoms with van der Waals surface area (Å²) in [5.74, 6) is 0.231. The number of nitrogens with zero attached hydrogens (tertiary/aromatic N) is 3. The number of imidazole rings is 1. The van der Waals surface area contributed by atoms with Gasteiger partial charge in [-0.15, -0.1) is 0 Å². The molecule has 4 N–H and O–H groups in total. The number of aromatic amines is 2. The monoisotopic (exact) mass is 356 g/mol. The third-order valence-corrected chi connectivity index (χ3v) is 5.02. The molecular formula is C16H16N6O2S. The summed E-state index contributed by atoms with van der Waals surface area (Å²) in [6, 6.07) is 8.07. The number of carbonyl (C=O) groups is 1. The van der Waals surface area contributed by atoms with Crippen LogP contribution >= 0.6 is 11.8 Å². The van der Waals surface area contributed by atoms with Crippen molar-refractivity contribution in [3.8, 4) is 0 Å². The summed E-state index contributed by atoms with van der Waals surface area (Å²) in [5, 5.41) is 0.465. The van der Waals surface area contributed by atoms with Crippen molar-refractivity contribution in [2.45, 2.75) is 24.5 Å². The average Bonchev–Trinajstić information content (AvgIpc) is 3.12. The predicted molar refractivity (Wildman–Crippen MR) is 96.7 cm³/mol. The molecule has 3 heterocycles. The van der Waals surface area contributed by atoms with Gasteiger partial charge in [0.25, 0.3) is 5.56 Å². The van der Waals surface area contributed by atoms with Crippen LogP contribution in [0.4, 0.5) is 11.6 Å². The van der Waals surface area contributed by atoms with Gasteiger partial charge in [0.2, 0.25) is 11.9 Å². The van der Waals surface area contributed by atoms with Crippen LogP contribution in [-0.2, 0) is 11.2 Å². The second-order valence-corrected chi connectivity index (χ2v) is 6.89. The molecule has 9 heteroatoms. The van der Waals surface area contributed by atoms with Gasteiger partial charge in [0, 0.05) is 11.7 Å². The number of H-pyrrole nitrogens is 2. The first-order chi connectivity index (χ1) is 12.0. The topological polar surface area (TPSA) is 121 Å². The zero-order valence-electron chi connectivity index (χ0n) is 13.4. The number of hydrogen-bond acceptors (Lipinski definition) is 6. The summed E-state index contributed by atoms with van der Waals surface area (Å²) in [5.41, 5.74) is 7.78. The first-order valence-electron chi connectivity index (χ1n) is 7.81. The van der Waals surface area contributed by atoms with Crippen molar-refractivity contribution in [1.82, 2.24) is 19.9 Å². The summed E-state index contributed by atoms with van der Waals surface area (Å²) in [7, 11) is 0. The first kappa shape index (κ1) is 15.7. The molecule has 0 saturated heterocycles. The van der Waals surface area contributed by atoms with Gasteiger partial charge < -0.3 is 15.6 Å². The number of nitrogen functional groups attached to an aromatic ring is 1. The van der Waals surface area contributed by atoms with Crippen LogP contribution in [0.25, 0.3) is 11.2 Å². The van der Waals surface area contributed by atoms with Crippen LogP contribution in [-0.4, -0.2) is 37.6 Å². The minimum Gasteiger partial charge on any atom is -0.369 e. The molecule has 1 aromatic carbocycles. The van der Waals surface area contributed by atoms with Crippen LogP contribution in [0.15, 0.2) is 34.2 Å². The molecule has 0 fully saturated rings. The normalized spacial score (nSPS) is 16.4. The van der Waals surface area contributed by atoms with Crippen LogP contribution in [0.1, 0.15) is 12.5 Å². The second-order valence-electron chi connectivity index (χ2n) is 5.93. The molecule has 0 saturated carbocycles. The quantitative estimate of drug-likeness (QED) is 0.608. The van der Waals surface area contributed by atoms with E-state index in [1.54, 1.807) is 0 Å². The van der Waals surface area contributed by atoms with Gasteiger partial charge in [-0.25, -0.2) is 4.98 Å². The number of hydrogen-bond donors (Lipinski definition) is 3. The number of para-hydroxylation sites is 1. The molecule has 8 nitrogen and oxygen atoms in total. The van der Waals surface area contributed by atoms with E-state index in [1.165, 1.54) is 17.3 Å². The van der Waals surface area contributed by atoms with Gasteiger partial charge in [0.05, 0.1) is 5.75 Å². The Hall–Kier alpha value is -2.81. The zero-order valence-corrected chi connectivity index (χ0v) is 14.3. The van der Waals surface area contributed by atoms with E-state index >= 15 is 0 Å². The Morgan fingerprint density at radius 2 is 2.16 bits per heavy atom. The molecule has 2 aromatic heterocycles. The van der Waals surface area contributed by atoms with E-state index < -0.39 is 0 Å². The van der Waals surface area contributed by atoms with Crippen LogP contribution < -0.4 is 16.2 Å². The fraction of sp³-hybridized carbons (Fsp3) is 0.250. The van der Waals surface area contributed by atoms with E-state index in [-0.39, 0.29) is 40.4 Å². The molecular weight excluding hydrogens is 340 g/mol. The lowest BCUT2D eigenvalue weighted by Gasteiger charge is -2.22. The number of carbonyl (C=O) groups excluding carboxylic acids is 1. The predicted octanol–water partition coefficient (Wildman–Crippen LogP) is 1.30. The van der Waals surface area contributed by atoms with Gasteiger partial charge in [0.1, 0.15) is 0 Å². The van der Waals surface area contributed by atoms with Crippen molar-refractivity contribution in [3.05, 3.63) is 40.2 Å². The maximum absolute atomic E-state index is 12.7. The van der Waals surface area contributed by atoms with Crippen LogP contribution in [0.5, 0.6) is 0 Å². The highest BCUT2D eigenvalue weighted by atomic mass is 32.2. The molecule has 3 aromatic rings. The highest BCUT2D eigenvalue weighted by molar-refractivity contribution is 7.99. The largest absolute Gasteiger partial charge is 0.369 e. The van der Waals surface area contributed by atoms with Gasteiger partial charge in [0.15, 0.2) is 16.3 Å². The molecule has 25 heavy (non-hydrogen) atoms. The molecule has 4 rings (SSSR count). The summed E-state index contributed by atoms with van der Waals surface area (Å²) in [4.78, 5) is 39.8. The maximum atomic E-state index is 12.7. The Morgan fingerprint density at radius 1 is 1.36 bits per heavy atom. The van der Waals surface area contributed by atoms with Crippen molar-refractivity contribution in [2.24, 2.45) is 0 Å². The number of rotatable bonds is 3. The standard InChI is InChI=1S/C16H16N6O2S/c1-8-6-9-4-2-3-5-10(9)22(8)11(23)7-25-16-18-12-13(20-16)19-15(17)21-14(12)24/h2-5,8H,6-7H2,1H3,(H4,17,18,19,20,21,24).